The summed E-state index contributed by atoms with van der Waals surface area (Å²) in [5.74, 6) is -3.42. The van der Waals surface area contributed by atoms with Crippen molar-refractivity contribution in [2.75, 3.05) is 13.7 Å². The molecule has 1 rings (SSSR count). The average Bonchev–Trinajstić information content (AvgIpc) is 2.91. The Hall–Kier alpha value is -0.480. The van der Waals surface area contributed by atoms with E-state index in [1.54, 1.807) is 7.11 Å². The van der Waals surface area contributed by atoms with E-state index in [9.17, 15) is 8.78 Å². The van der Waals surface area contributed by atoms with E-state index in [1.165, 1.54) is 19.9 Å². The number of hydrogen-bond acceptors (Lipinski definition) is 2. The monoisotopic (exact) mass is 220 g/mol. The van der Waals surface area contributed by atoms with Crippen LogP contribution in [0.4, 0.5) is 8.78 Å². The molecular weight excluding hydrogens is 202 g/mol. The van der Waals surface area contributed by atoms with Gasteiger partial charge in [-0.3, -0.25) is 0 Å². The van der Waals surface area contributed by atoms with Crippen LogP contribution in [0.25, 0.3) is 0 Å². The highest BCUT2D eigenvalue weighted by atomic mass is 19.3. The molecule has 88 valence electrons. The summed E-state index contributed by atoms with van der Waals surface area (Å²) in [6.45, 7) is 3.22. The van der Waals surface area contributed by atoms with Gasteiger partial charge in [-0.2, -0.15) is 0 Å². The van der Waals surface area contributed by atoms with Gasteiger partial charge >= 0.3 is 0 Å². The number of methoxy groups -OCH3 is 1. The molecule has 1 aliphatic carbocycles. The maximum Gasteiger partial charge on any atom is 0.268 e. The molecule has 1 fully saturated rings. The standard InChI is InChI=1S/C11H18F2O2/c1-8(2)11(12,13)5-4-6-15-10-7-9(10)14-3/h4-5,8-10H,6-7H2,1-3H3/b5-4+. The van der Waals surface area contributed by atoms with E-state index in [0.717, 1.165) is 12.5 Å². The zero-order valence-corrected chi connectivity index (χ0v) is 9.37. The fraction of sp³-hybridized carbons (Fsp3) is 0.818. The minimum absolute atomic E-state index is 0.0901. The summed E-state index contributed by atoms with van der Waals surface area (Å²) in [6, 6.07) is 0. The first-order chi connectivity index (χ1) is 6.97. The molecule has 0 N–H and O–H groups in total. The summed E-state index contributed by atoms with van der Waals surface area (Å²) in [5, 5.41) is 0. The van der Waals surface area contributed by atoms with E-state index < -0.39 is 11.8 Å². The third kappa shape index (κ3) is 3.87. The second-order valence-electron chi connectivity index (χ2n) is 4.11. The van der Waals surface area contributed by atoms with Crippen molar-refractivity contribution >= 4 is 0 Å². The number of ether oxygens (including phenoxy) is 2. The molecule has 0 aromatic heterocycles. The highest BCUT2D eigenvalue weighted by molar-refractivity contribution is 4.97. The van der Waals surface area contributed by atoms with Crippen LogP contribution in [0.3, 0.4) is 0 Å². The maximum absolute atomic E-state index is 13.1. The van der Waals surface area contributed by atoms with E-state index in [4.69, 9.17) is 9.47 Å². The van der Waals surface area contributed by atoms with E-state index in [2.05, 4.69) is 0 Å². The Morgan fingerprint density at radius 3 is 2.53 bits per heavy atom. The largest absolute Gasteiger partial charge is 0.379 e. The Morgan fingerprint density at radius 1 is 1.40 bits per heavy atom. The van der Waals surface area contributed by atoms with Crippen LogP contribution >= 0.6 is 0 Å². The van der Waals surface area contributed by atoms with Gasteiger partial charge in [-0.25, -0.2) is 8.78 Å². The third-order valence-electron chi connectivity index (χ3n) is 2.50. The number of hydrogen-bond donors (Lipinski definition) is 0. The Kier molecular flexibility index (Phi) is 4.22. The van der Waals surface area contributed by atoms with Crippen LogP contribution in [0.1, 0.15) is 20.3 Å². The Balaban J connectivity index is 2.17. The van der Waals surface area contributed by atoms with Crippen LogP contribution in [0.15, 0.2) is 12.2 Å². The highest BCUT2D eigenvalue weighted by Crippen LogP contribution is 2.28. The summed E-state index contributed by atoms with van der Waals surface area (Å²) >= 11 is 0. The van der Waals surface area contributed by atoms with Gasteiger partial charge in [0.15, 0.2) is 0 Å². The lowest BCUT2D eigenvalue weighted by Gasteiger charge is -2.15. The first-order valence-electron chi connectivity index (χ1n) is 5.17. The molecule has 0 aromatic rings. The summed E-state index contributed by atoms with van der Waals surface area (Å²) in [6.07, 6.45) is 3.41. The normalized spacial score (nSPS) is 26.5. The van der Waals surface area contributed by atoms with Crippen LogP contribution in [0, 0.1) is 5.92 Å². The molecule has 1 saturated carbocycles. The van der Waals surface area contributed by atoms with Gasteiger partial charge in [-0.15, -0.1) is 0 Å². The predicted octanol–water partition coefficient (Wildman–Crippen LogP) is 2.64. The van der Waals surface area contributed by atoms with Gasteiger partial charge in [0.25, 0.3) is 5.92 Å². The van der Waals surface area contributed by atoms with Crippen LogP contribution < -0.4 is 0 Å². The SMILES string of the molecule is COC1CC1OC/C=C/C(F)(F)C(C)C. The minimum Gasteiger partial charge on any atom is -0.379 e. The number of allylic oxidation sites excluding steroid dienone is 1. The molecule has 0 amide bonds. The average molecular weight is 220 g/mol. The molecule has 0 spiro atoms. The smallest absolute Gasteiger partial charge is 0.268 e. The topological polar surface area (TPSA) is 18.5 Å². The summed E-state index contributed by atoms with van der Waals surface area (Å²) in [4.78, 5) is 0. The molecule has 2 atom stereocenters. The molecule has 15 heavy (non-hydrogen) atoms. The number of rotatable bonds is 6. The molecule has 1 aliphatic rings. The van der Waals surface area contributed by atoms with Crippen molar-refractivity contribution in [2.24, 2.45) is 5.92 Å². The van der Waals surface area contributed by atoms with Crippen LogP contribution in [-0.4, -0.2) is 31.8 Å². The fourth-order valence-corrected chi connectivity index (χ4v) is 1.15. The van der Waals surface area contributed by atoms with E-state index in [-0.39, 0.29) is 18.8 Å². The molecular formula is C11H18F2O2. The van der Waals surface area contributed by atoms with Crippen molar-refractivity contribution < 1.29 is 18.3 Å². The van der Waals surface area contributed by atoms with Crippen molar-refractivity contribution in [3.8, 4) is 0 Å². The van der Waals surface area contributed by atoms with E-state index in [1.807, 2.05) is 0 Å². The molecule has 0 saturated heterocycles. The Bertz CT molecular complexity index is 227. The van der Waals surface area contributed by atoms with Gasteiger partial charge in [0, 0.05) is 19.4 Å². The second kappa shape index (κ2) is 5.03. The lowest BCUT2D eigenvalue weighted by Crippen LogP contribution is -2.20. The number of halogens is 2. The first-order valence-corrected chi connectivity index (χ1v) is 5.17. The minimum atomic E-state index is -2.74. The van der Waals surface area contributed by atoms with Crippen molar-refractivity contribution in [3.63, 3.8) is 0 Å². The van der Waals surface area contributed by atoms with Gasteiger partial charge in [0.05, 0.1) is 18.8 Å². The Labute approximate surface area is 89.3 Å². The van der Waals surface area contributed by atoms with Gasteiger partial charge in [0.1, 0.15) is 0 Å². The zero-order valence-electron chi connectivity index (χ0n) is 9.37. The summed E-state index contributed by atoms with van der Waals surface area (Å²) < 4.78 is 36.4. The molecule has 0 heterocycles. The third-order valence-corrected chi connectivity index (χ3v) is 2.50. The summed E-state index contributed by atoms with van der Waals surface area (Å²) in [5.41, 5.74) is 0. The second-order valence-corrected chi connectivity index (χ2v) is 4.11. The maximum atomic E-state index is 13.1. The van der Waals surface area contributed by atoms with Crippen LogP contribution in [0.5, 0.6) is 0 Å². The van der Waals surface area contributed by atoms with Gasteiger partial charge < -0.3 is 9.47 Å². The van der Waals surface area contributed by atoms with Gasteiger partial charge in [-0.1, -0.05) is 19.9 Å². The summed E-state index contributed by atoms with van der Waals surface area (Å²) in [7, 11) is 1.62. The van der Waals surface area contributed by atoms with Crippen LogP contribution in [0.2, 0.25) is 0 Å². The number of alkyl halides is 2. The van der Waals surface area contributed by atoms with Crippen LogP contribution in [-0.2, 0) is 9.47 Å². The Morgan fingerprint density at radius 2 is 2.07 bits per heavy atom. The van der Waals surface area contributed by atoms with Crippen molar-refractivity contribution in [1.29, 1.82) is 0 Å². The quantitative estimate of drug-likeness (QED) is 0.641. The molecule has 0 bridgehead atoms. The lowest BCUT2D eigenvalue weighted by atomic mass is 10.1. The molecule has 4 heteroatoms. The van der Waals surface area contributed by atoms with E-state index in [0.29, 0.717) is 0 Å². The predicted molar refractivity (Wildman–Crippen MR) is 54.1 cm³/mol. The molecule has 2 unspecified atom stereocenters. The molecule has 2 nitrogen and oxygen atoms in total. The van der Waals surface area contributed by atoms with Crippen molar-refractivity contribution in [1.82, 2.24) is 0 Å². The molecule has 0 aromatic carbocycles. The van der Waals surface area contributed by atoms with Gasteiger partial charge in [-0.05, 0) is 6.08 Å². The van der Waals surface area contributed by atoms with Crippen molar-refractivity contribution in [3.05, 3.63) is 12.2 Å². The highest BCUT2D eigenvalue weighted by Gasteiger charge is 2.38. The molecule has 0 radical (unpaired) electrons. The fourth-order valence-electron chi connectivity index (χ4n) is 1.15. The van der Waals surface area contributed by atoms with Crippen molar-refractivity contribution in [2.45, 2.75) is 38.4 Å². The first kappa shape index (κ1) is 12.6. The lowest BCUT2D eigenvalue weighted by molar-refractivity contribution is 0.00502. The molecule has 0 aliphatic heterocycles. The van der Waals surface area contributed by atoms with E-state index >= 15 is 0 Å². The van der Waals surface area contributed by atoms with Gasteiger partial charge in [0.2, 0.25) is 0 Å². The zero-order chi connectivity index (χ0) is 11.5.